The van der Waals surface area contributed by atoms with Crippen molar-refractivity contribution in [1.29, 1.82) is 0 Å². The summed E-state index contributed by atoms with van der Waals surface area (Å²) in [5.41, 5.74) is -0.0177. The zero-order valence-corrected chi connectivity index (χ0v) is 14.9. The van der Waals surface area contributed by atoms with E-state index in [0.29, 0.717) is 16.0 Å². The lowest BCUT2D eigenvalue weighted by atomic mass is 9.98. The normalized spacial score (nSPS) is 13.6. The van der Waals surface area contributed by atoms with Crippen LogP contribution in [0.1, 0.15) is 11.8 Å². The van der Waals surface area contributed by atoms with Gasteiger partial charge in [0, 0.05) is 4.88 Å². The van der Waals surface area contributed by atoms with E-state index in [-0.39, 0.29) is 6.01 Å². The summed E-state index contributed by atoms with van der Waals surface area (Å²) in [4.78, 5) is 19.2. The minimum Gasteiger partial charge on any atom is -0.479 e. The van der Waals surface area contributed by atoms with Crippen molar-refractivity contribution in [2.24, 2.45) is 0 Å². The van der Waals surface area contributed by atoms with Crippen LogP contribution in [0.15, 0.2) is 63.7 Å². The van der Waals surface area contributed by atoms with Gasteiger partial charge in [0.05, 0.1) is 0 Å². The van der Waals surface area contributed by atoms with Gasteiger partial charge in [-0.25, -0.2) is 4.79 Å². The molecule has 1 atom stereocenters. The van der Waals surface area contributed by atoms with Crippen LogP contribution in [-0.4, -0.2) is 16.1 Å². The number of carbonyl (C=O) groups is 1. The predicted molar refractivity (Wildman–Crippen MR) is 99.8 cm³/mol. The molecule has 0 fully saturated rings. The maximum atomic E-state index is 12.3. The summed E-state index contributed by atoms with van der Waals surface area (Å²) in [5, 5.41) is 14.6. The van der Waals surface area contributed by atoms with Crippen molar-refractivity contribution in [3.8, 4) is 0 Å². The zero-order chi connectivity index (χ0) is 17.4. The third-order valence-corrected chi connectivity index (χ3v) is 6.00. The number of carboxylic acid groups (broad SMARTS) is 1. The van der Waals surface area contributed by atoms with Crippen LogP contribution < -0.4 is 4.90 Å². The number of aromatic nitrogens is 1. The molecule has 126 valence electrons. The van der Waals surface area contributed by atoms with Crippen LogP contribution in [0, 0.1) is 0 Å². The lowest BCUT2D eigenvalue weighted by Crippen LogP contribution is -2.47. The molecule has 0 aliphatic rings. The molecule has 0 unspecified atom stereocenters. The van der Waals surface area contributed by atoms with E-state index >= 15 is 0 Å². The van der Waals surface area contributed by atoms with Gasteiger partial charge in [-0.05, 0) is 48.0 Å². The lowest BCUT2D eigenvalue weighted by molar-refractivity contribution is -0.142. The molecule has 0 radical (unpaired) electrons. The van der Waals surface area contributed by atoms with Crippen molar-refractivity contribution < 1.29 is 14.3 Å². The van der Waals surface area contributed by atoms with E-state index in [9.17, 15) is 9.90 Å². The first-order chi connectivity index (χ1) is 12.1. The van der Waals surface area contributed by atoms with Crippen molar-refractivity contribution >= 4 is 50.8 Å². The highest BCUT2D eigenvalue weighted by Crippen LogP contribution is 2.43. The minimum absolute atomic E-state index is 0.266. The van der Waals surface area contributed by atoms with E-state index in [0.717, 1.165) is 5.00 Å². The molecule has 0 bridgehead atoms. The van der Waals surface area contributed by atoms with E-state index in [2.05, 4.69) is 4.98 Å². The fourth-order valence-electron chi connectivity index (χ4n) is 2.73. The fraction of sp³-hybridized carbons (Fsp3) is 0.111. The molecule has 4 aromatic rings. The third kappa shape index (κ3) is 2.52. The van der Waals surface area contributed by atoms with Crippen molar-refractivity contribution in [2.75, 3.05) is 4.90 Å². The van der Waals surface area contributed by atoms with Gasteiger partial charge in [-0.1, -0.05) is 18.2 Å². The number of hydrogen-bond donors (Lipinski definition) is 1. The summed E-state index contributed by atoms with van der Waals surface area (Å²) in [6.07, 6.45) is 0. The molecule has 0 spiro atoms. The predicted octanol–water partition coefficient (Wildman–Crippen LogP) is 5.09. The van der Waals surface area contributed by atoms with Crippen LogP contribution >= 0.6 is 22.7 Å². The number of anilines is 2. The molecule has 0 aliphatic carbocycles. The Morgan fingerprint density at radius 2 is 1.88 bits per heavy atom. The number of nitrogens with zero attached hydrogens (tertiary/aromatic N) is 2. The van der Waals surface area contributed by atoms with Crippen molar-refractivity contribution in [2.45, 2.75) is 12.5 Å². The highest BCUT2D eigenvalue weighted by Gasteiger charge is 2.46. The quantitative estimate of drug-likeness (QED) is 0.530. The number of thiophene rings is 2. The Labute approximate surface area is 151 Å². The first-order valence-corrected chi connectivity index (χ1v) is 9.33. The molecule has 0 saturated carbocycles. The van der Waals surface area contributed by atoms with E-state index in [1.54, 1.807) is 11.8 Å². The second kappa shape index (κ2) is 6.02. The van der Waals surface area contributed by atoms with Crippen LogP contribution in [0.3, 0.4) is 0 Å². The van der Waals surface area contributed by atoms with Gasteiger partial charge in [0.25, 0.3) is 0 Å². The number of hydrogen-bond acceptors (Lipinski definition) is 6. The largest absolute Gasteiger partial charge is 0.479 e. The molecule has 0 aliphatic heterocycles. The Kier molecular flexibility index (Phi) is 3.82. The summed E-state index contributed by atoms with van der Waals surface area (Å²) in [6, 6.07) is 15.1. The highest BCUT2D eigenvalue weighted by atomic mass is 32.1. The summed E-state index contributed by atoms with van der Waals surface area (Å²) >= 11 is 2.84. The Balaban J connectivity index is 1.96. The standard InChI is InChI=1S/C18H14N2O3S2/c1-18(16(21)22,14-8-4-10-24-14)20(15-9-5-11-25-15)17-19-12-6-2-3-7-13(12)23-17/h2-11H,1H3,(H,21,22)/t18-/m1/s1. The SMILES string of the molecule is C[C@](C(=O)O)(c1cccs1)N(c1nc2ccccc2o1)c1cccs1. The molecule has 1 N–H and O–H groups in total. The van der Waals surface area contributed by atoms with E-state index in [1.165, 1.54) is 22.7 Å². The molecule has 0 amide bonds. The highest BCUT2D eigenvalue weighted by molar-refractivity contribution is 7.14. The minimum atomic E-state index is -1.33. The summed E-state index contributed by atoms with van der Waals surface area (Å²) in [5.74, 6) is -0.967. The van der Waals surface area contributed by atoms with Gasteiger partial charge in [-0.2, -0.15) is 4.98 Å². The Morgan fingerprint density at radius 1 is 1.12 bits per heavy atom. The fourth-order valence-corrected chi connectivity index (χ4v) is 4.41. The molecule has 5 nitrogen and oxygen atoms in total. The smallest absolute Gasteiger partial charge is 0.335 e. The third-order valence-electron chi connectivity index (χ3n) is 4.07. The van der Waals surface area contributed by atoms with Crippen LogP contribution in [0.5, 0.6) is 0 Å². The van der Waals surface area contributed by atoms with Gasteiger partial charge in [0.1, 0.15) is 10.5 Å². The maximum Gasteiger partial charge on any atom is 0.335 e. The zero-order valence-electron chi connectivity index (χ0n) is 13.2. The molecular weight excluding hydrogens is 356 g/mol. The average molecular weight is 370 g/mol. The first-order valence-electron chi connectivity index (χ1n) is 7.57. The van der Waals surface area contributed by atoms with E-state index in [4.69, 9.17) is 4.42 Å². The lowest BCUT2D eigenvalue weighted by Gasteiger charge is -2.35. The van der Waals surface area contributed by atoms with Gasteiger partial charge in [-0.3, -0.25) is 4.90 Å². The van der Waals surface area contributed by atoms with Crippen LogP contribution in [0.2, 0.25) is 0 Å². The van der Waals surface area contributed by atoms with Gasteiger partial charge in [0.2, 0.25) is 0 Å². The monoisotopic (exact) mass is 370 g/mol. The number of aliphatic carboxylic acids is 1. The van der Waals surface area contributed by atoms with Crippen molar-refractivity contribution in [3.63, 3.8) is 0 Å². The number of benzene rings is 1. The number of para-hydroxylation sites is 2. The number of carboxylic acids is 1. The van der Waals surface area contributed by atoms with Crippen LogP contribution in [0.25, 0.3) is 11.1 Å². The molecule has 0 saturated heterocycles. The number of oxazole rings is 1. The maximum absolute atomic E-state index is 12.3. The van der Waals surface area contributed by atoms with Gasteiger partial charge in [0.15, 0.2) is 11.1 Å². The molecule has 7 heteroatoms. The molecule has 1 aromatic carbocycles. The molecule has 3 heterocycles. The van der Waals surface area contributed by atoms with E-state index < -0.39 is 11.5 Å². The van der Waals surface area contributed by atoms with Crippen LogP contribution in [0.4, 0.5) is 11.0 Å². The Bertz CT molecular complexity index is 975. The molecule has 4 rings (SSSR count). The van der Waals surface area contributed by atoms with Gasteiger partial charge < -0.3 is 9.52 Å². The summed E-state index contributed by atoms with van der Waals surface area (Å²) < 4.78 is 5.91. The number of fused-ring (bicyclic) bond motifs is 1. The van der Waals surface area contributed by atoms with Crippen molar-refractivity contribution in [1.82, 2.24) is 4.98 Å². The van der Waals surface area contributed by atoms with Crippen LogP contribution in [-0.2, 0) is 10.3 Å². The summed E-state index contributed by atoms with van der Waals surface area (Å²) in [6.45, 7) is 1.68. The van der Waals surface area contributed by atoms with Crippen molar-refractivity contribution in [3.05, 3.63) is 64.2 Å². The van der Waals surface area contributed by atoms with Gasteiger partial charge in [-0.15, -0.1) is 22.7 Å². The van der Waals surface area contributed by atoms with E-state index in [1.807, 2.05) is 59.3 Å². The Morgan fingerprint density at radius 3 is 2.52 bits per heavy atom. The second-order valence-corrected chi connectivity index (χ2v) is 7.48. The second-order valence-electron chi connectivity index (χ2n) is 5.61. The average Bonchev–Trinajstić information content (AvgIpc) is 3.35. The molecule has 3 aromatic heterocycles. The number of rotatable bonds is 5. The Hall–Kier alpha value is -2.64. The first kappa shape index (κ1) is 15.9. The van der Waals surface area contributed by atoms with Gasteiger partial charge >= 0.3 is 12.0 Å². The topological polar surface area (TPSA) is 66.6 Å². The summed E-state index contributed by atoms with van der Waals surface area (Å²) in [7, 11) is 0. The molecule has 25 heavy (non-hydrogen) atoms. The molecular formula is C18H14N2O3S2.